The highest BCUT2D eigenvalue weighted by Crippen LogP contribution is 2.20. The van der Waals surface area contributed by atoms with E-state index >= 15 is 0 Å². The van der Waals surface area contributed by atoms with Crippen LogP contribution in [0.3, 0.4) is 0 Å². The molecule has 0 spiro atoms. The van der Waals surface area contributed by atoms with Gasteiger partial charge in [-0.15, -0.1) is 0 Å². The zero-order valence-corrected chi connectivity index (χ0v) is 58.1. The summed E-state index contributed by atoms with van der Waals surface area (Å²) in [6.45, 7) is 4.95. The fourth-order valence-electron chi connectivity index (χ4n) is 12.8. The first-order valence-electron chi connectivity index (χ1n) is 39.5. The quantitative estimate of drug-likeness (QED) is 0.0320. The fourth-order valence-corrected chi connectivity index (χ4v) is 12.8. The second kappa shape index (κ2) is 75.1. The van der Waals surface area contributed by atoms with Crippen LogP contribution in [0.5, 0.6) is 0 Å². The largest absolute Gasteiger partial charge is 0.466 e. The van der Waals surface area contributed by atoms with Gasteiger partial charge in [-0.2, -0.15) is 0 Å². The standard InChI is InChI=1S/C79H155NO5/c1-3-5-7-9-11-13-15-17-44-49-53-57-61-65-69-73-79(84)85-74-70-66-62-58-54-50-46-43-41-39-37-35-33-31-29-27-25-23-21-19-20-22-24-26-28-30-32-34-36-38-40-42-45-48-52-56-60-64-68-72-78(83)80-76(75-81)77(82)71-67-63-59-55-51-47-18-16-14-12-10-8-6-4-2/h67,71,76-77,81-82H,3-66,68-70,72-75H2,1-2H3,(H,80,83)/b71-67+. The minimum Gasteiger partial charge on any atom is -0.466 e. The van der Waals surface area contributed by atoms with Crippen molar-refractivity contribution in [3.8, 4) is 0 Å². The smallest absolute Gasteiger partial charge is 0.305 e. The lowest BCUT2D eigenvalue weighted by molar-refractivity contribution is -0.143. The molecule has 0 bridgehead atoms. The first-order valence-corrected chi connectivity index (χ1v) is 39.5. The number of esters is 1. The zero-order chi connectivity index (χ0) is 61.3. The molecule has 1 amide bonds. The molecule has 6 nitrogen and oxygen atoms in total. The molecule has 2 atom stereocenters. The van der Waals surface area contributed by atoms with Crippen molar-refractivity contribution in [2.45, 2.75) is 469 Å². The number of rotatable bonds is 75. The van der Waals surface area contributed by atoms with Gasteiger partial charge in [0, 0.05) is 12.8 Å². The van der Waals surface area contributed by atoms with E-state index in [0.29, 0.717) is 19.4 Å². The average molecular weight is 1200 g/mol. The molecule has 0 aromatic heterocycles. The molecule has 0 heterocycles. The third kappa shape index (κ3) is 71.6. The van der Waals surface area contributed by atoms with Gasteiger partial charge >= 0.3 is 5.97 Å². The predicted octanol–water partition coefficient (Wildman–Crippen LogP) is 25.9. The molecule has 506 valence electrons. The highest BCUT2D eigenvalue weighted by atomic mass is 16.5. The van der Waals surface area contributed by atoms with E-state index in [-0.39, 0.29) is 18.5 Å². The van der Waals surface area contributed by atoms with Crippen LogP contribution in [0.2, 0.25) is 0 Å². The second-order valence-electron chi connectivity index (χ2n) is 27.4. The highest BCUT2D eigenvalue weighted by molar-refractivity contribution is 5.76. The van der Waals surface area contributed by atoms with Gasteiger partial charge in [0.25, 0.3) is 0 Å². The van der Waals surface area contributed by atoms with Crippen molar-refractivity contribution in [1.29, 1.82) is 0 Å². The Morgan fingerprint density at radius 1 is 0.318 bits per heavy atom. The maximum Gasteiger partial charge on any atom is 0.305 e. The molecule has 0 saturated heterocycles. The SMILES string of the molecule is CCCCCCCCCCCCCC/C=C/C(O)C(CO)NC(=O)CCCCCCCCCCCCCCCCCCCCCCCCCCCCCCCCCCCCCCCCCOC(=O)CCCCCCCCCCCCCCCCC. The van der Waals surface area contributed by atoms with Gasteiger partial charge in [-0.25, -0.2) is 0 Å². The van der Waals surface area contributed by atoms with E-state index in [2.05, 4.69) is 19.2 Å². The Hall–Kier alpha value is -1.40. The zero-order valence-electron chi connectivity index (χ0n) is 58.1. The monoisotopic (exact) mass is 1200 g/mol. The maximum atomic E-state index is 12.5. The summed E-state index contributed by atoms with van der Waals surface area (Å²) in [6.07, 6.45) is 94.9. The van der Waals surface area contributed by atoms with E-state index in [9.17, 15) is 19.8 Å². The molecule has 0 aliphatic rings. The van der Waals surface area contributed by atoms with Gasteiger partial charge in [0.05, 0.1) is 25.4 Å². The van der Waals surface area contributed by atoms with Gasteiger partial charge in [-0.1, -0.05) is 424 Å². The van der Waals surface area contributed by atoms with Crippen LogP contribution in [0.25, 0.3) is 0 Å². The van der Waals surface area contributed by atoms with Gasteiger partial charge < -0.3 is 20.3 Å². The minimum atomic E-state index is -0.839. The molecule has 0 aliphatic carbocycles. The summed E-state index contributed by atoms with van der Waals surface area (Å²) in [6, 6.07) is -0.622. The number of aliphatic hydroxyl groups excluding tert-OH is 2. The van der Waals surface area contributed by atoms with Gasteiger partial charge in [0.1, 0.15) is 0 Å². The van der Waals surface area contributed by atoms with E-state index in [1.54, 1.807) is 6.08 Å². The third-order valence-electron chi connectivity index (χ3n) is 18.8. The number of amides is 1. The van der Waals surface area contributed by atoms with Crippen LogP contribution in [0.4, 0.5) is 0 Å². The van der Waals surface area contributed by atoms with E-state index in [4.69, 9.17) is 4.74 Å². The molecule has 2 unspecified atom stereocenters. The fraction of sp³-hybridized carbons (Fsp3) is 0.949. The maximum absolute atomic E-state index is 12.5. The first kappa shape index (κ1) is 83.6. The number of aliphatic hydroxyl groups is 2. The number of carbonyl (C=O) groups is 2. The Morgan fingerprint density at radius 2 is 0.541 bits per heavy atom. The number of nitrogens with one attached hydrogen (secondary N) is 1. The number of unbranched alkanes of at least 4 members (excludes halogenated alkanes) is 64. The molecule has 85 heavy (non-hydrogen) atoms. The normalized spacial score (nSPS) is 12.5. The Morgan fingerprint density at radius 3 is 0.800 bits per heavy atom. The summed E-state index contributed by atoms with van der Waals surface area (Å²) < 4.78 is 5.51. The van der Waals surface area contributed by atoms with Crippen LogP contribution in [-0.4, -0.2) is 47.4 Å². The lowest BCUT2D eigenvalue weighted by Gasteiger charge is -2.20. The van der Waals surface area contributed by atoms with Crippen LogP contribution in [-0.2, 0) is 14.3 Å². The molecule has 0 fully saturated rings. The molecule has 6 heteroatoms. The number of hydrogen-bond donors (Lipinski definition) is 3. The van der Waals surface area contributed by atoms with E-state index < -0.39 is 12.1 Å². The van der Waals surface area contributed by atoms with Crippen molar-refractivity contribution in [2.24, 2.45) is 0 Å². The van der Waals surface area contributed by atoms with Crippen LogP contribution < -0.4 is 5.32 Å². The first-order chi connectivity index (χ1) is 42.0. The molecule has 0 aromatic carbocycles. The molecule has 0 aliphatic heterocycles. The molecule has 3 N–H and O–H groups in total. The number of hydrogen-bond acceptors (Lipinski definition) is 5. The summed E-state index contributed by atoms with van der Waals surface area (Å²) in [7, 11) is 0. The average Bonchev–Trinajstić information content (AvgIpc) is 3.51. The Labute approximate surface area is 533 Å². The topological polar surface area (TPSA) is 95.9 Å². The van der Waals surface area contributed by atoms with Crippen LogP contribution in [0.15, 0.2) is 12.2 Å². The predicted molar refractivity (Wildman–Crippen MR) is 375 cm³/mol. The van der Waals surface area contributed by atoms with E-state index in [0.717, 1.165) is 38.5 Å². The van der Waals surface area contributed by atoms with E-state index in [1.807, 2.05) is 6.08 Å². The Balaban J connectivity index is 3.28. The molecule has 0 aromatic rings. The van der Waals surface area contributed by atoms with E-state index in [1.165, 1.54) is 392 Å². The molecule has 0 rings (SSSR count). The van der Waals surface area contributed by atoms with Crippen molar-refractivity contribution in [3.63, 3.8) is 0 Å². The van der Waals surface area contributed by atoms with Crippen molar-refractivity contribution >= 4 is 11.9 Å². The van der Waals surface area contributed by atoms with Crippen molar-refractivity contribution < 1.29 is 24.5 Å². The number of carbonyl (C=O) groups excluding carboxylic acids is 2. The molecule has 0 saturated carbocycles. The Bertz CT molecular complexity index is 1290. The summed E-state index contributed by atoms with van der Waals surface area (Å²) in [5, 5.41) is 23.2. The second-order valence-corrected chi connectivity index (χ2v) is 27.4. The number of allylic oxidation sites excluding steroid dienone is 1. The van der Waals surface area contributed by atoms with Crippen molar-refractivity contribution in [1.82, 2.24) is 5.32 Å². The Kier molecular flexibility index (Phi) is 73.8. The lowest BCUT2D eigenvalue weighted by Crippen LogP contribution is -2.45. The molecular formula is C79H155NO5. The van der Waals surface area contributed by atoms with Crippen molar-refractivity contribution in [3.05, 3.63) is 12.2 Å². The van der Waals surface area contributed by atoms with Crippen molar-refractivity contribution in [2.75, 3.05) is 13.2 Å². The van der Waals surface area contributed by atoms with Gasteiger partial charge in [-0.3, -0.25) is 9.59 Å². The third-order valence-corrected chi connectivity index (χ3v) is 18.8. The minimum absolute atomic E-state index is 0.0278. The summed E-state index contributed by atoms with van der Waals surface area (Å²) in [4.78, 5) is 24.6. The van der Waals surface area contributed by atoms with Gasteiger partial charge in [0.15, 0.2) is 0 Å². The van der Waals surface area contributed by atoms with Crippen LogP contribution in [0, 0.1) is 0 Å². The summed E-state index contributed by atoms with van der Waals surface area (Å²) >= 11 is 0. The number of ether oxygens (including phenoxy) is 1. The summed E-state index contributed by atoms with van der Waals surface area (Å²) in [5.41, 5.74) is 0. The highest BCUT2D eigenvalue weighted by Gasteiger charge is 2.18. The lowest BCUT2D eigenvalue weighted by atomic mass is 10.0. The van der Waals surface area contributed by atoms with Gasteiger partial charge in [-0.05, 0) is 32.1 Å². The van der Waals surface area contributed by atoms with Gasteiger partial charge in [0.2, 0.25) is 5.91 Å². The summed E-state index contributed by atoms with van der Waals surface area (Å²) in [5.74, 6) is -0.0311. The molecule has 0 radical (unpaired) electrons. The van der Waals surface area contributed by atoms with Crippen LogP contribution in [0.1, 0.15) is 457 Å². The molecular weight excluding hydrogens is 1040 g/mol. The van der Waals surface area contributed by atoms with Crippen LogP contribution >= 0.6 is 0 Å².